The van der Waals surface area contributed by atoms with Crippen LogP contribution in [0, 0.1) is 0 Å². The average Bonchev–Trinajstić information content (AvgIpc) is 2.60. The summed E-state index contributed by atoms with van der Waals surface area (Å²) in [7, 11) is -1.74. The van der Waals surface area contributed by atoms with Gasteiger partial charge in [-0.25, -0.2) is 0 Å². The Balaban J connectivity index is 2.08. The fourth-order valence-corrected chi connectivity index (χ4v) is 6.77. The van der Waals surface area contributed by atoms with Crippen LogP contribution >= 0.6 is 0 Å². The molecule has 122 valence electrons. The molecule has 0 heterocycles. The molecule has 2 nitrogen and oxygen atoms in total. The second kappa shape index (κ2) is 8.68. The van der Waals surface area contributed by atoms with E-state index in [2.05, 4.69) is 67.2 Å². The minimum atomic E-state index is -1.74. The molecule has 0 atom stereocenters. The number of carbonyl (C=O) groups excluding carboxylic acids is 1. The first kappa shape index (κ1) is 17.5. The number of unbranched alkanes of at least 4 members (excludes halogenated alkanes) is 1. The predicted molar refractivity (Wildman–Crippen MR) is 99.1 cm³/mol. The average molecular weight is 327 g/mol. The van der Waals surface area contributed by atoms with E-state index in [4.69, 9.17) is 4.74 Å². The van der Waals surface area contributed by atoms with Gasteiger partial charge < -0.3 is 4.74 Å². The van der Waals surface area contributed by atoms with Gasteiger partial charge in [0.1, 0.15) is 8.07 Å². The number of ether oxygens (including phenoxy) is 1. The van der Waals surface area contributed by atoms with Gasteiger partial charge >= 0.3 is 5.97 Å². The van der Waals surface area contributed by atoms with E-state index in [1.54, 1.807) is 0 Å². The zero-order chi connectivity index (χ0) is 16.5. The second-order valence-corrected chi connectivity index (χ2v) is 10.4. The summed E-state index contributed by atoms with van der Waals surface area (Å²) in [5, 5.41) is 2.92. The number of hydrogen-bond acceptors (Lipinski definition) is 2. The van der Waals surface area contributed by atoms with E-state index in [1.807, 2.05) is 6.92 Å². The maximum atomic E-state index is 11.5. The first-order valence-electron chi connectivity index (χ1n) is 8.43. The third-order valence-electron chi connectivity index (χ3n) is 4.43. The molecule has 2 aromatic carbocycles. The summed E-state index contributed by atoms with van der Waals surface area (Å²) in [5.41, 5.74) is 0. The third kappa shape index (κ3) is 4.80. The van der Waals surface area contributed by atoms with E-state index in [0.29, 0.717) is 13.0 Å². The number of rotatable bonds is 8. The molecule has 2 rings (SSSR count). The standard InChI is InChI=1S/C20H26O2Si/c1-3-22-20(21)16-10-11-17-23(2,18-12-6-4-7-13-18)19-14-8-5-9-15-19/h4-9,12-15H,3,10-11,16-17H2,1-2H3. The molecular formula is C20H26O2Si. The summed E-state index contributed by atoms with van der Waals surface area (Å²) in [6.07, 6.45) is 2.49. The second-order valence-electron chi connectivity index (χ2n) is 6.08. The molecule has 0 aliphatic rings. The van der Waals surface area contributed by atoms with Crippen molar-refractivity contribution in [3.63, 3.8) is 0 Å². The highest BCUT2D eigenvalue weighted by Gasteiger charge is 2.30. The third-order valence-corrected chi connectivity index (χ3v) is 9.00. The van der Waals surface area contributed by atoms with Gasteiger partial charge in [-0.3, -0.25) is 4.79 Å². The fourth-order valence-electron chi connectivity index (χ4n) is 3.05. The summed E-state index contributed by atoms with van der Waals surface area (Å²) in [6, 6.07) is 22.8. The van der Waals surface area contributed by atoms with E-state index in [0.717, 1.165) is 18.9 Å². The van der Waals surface area contributed by atoms with Gasteiger partial charge in [-0.05, 0) is 19.4 Å². The van der Waals surface area contributed by atoms with Gasteiger partial charge in [-0.15, -0.1) is 0 Å². The van der Waals surface area contributed by atoms with Crippen LogP contribution < -0.4 is 10.4 Å². The van der Waals surface area contributed by atoms with Crippen molar-refractivity contribution in [1.82, 2.24) is 0 Å². The lowest BCUT2D eigenvalue weighted by Crippen LogP contribution is -2.55. The molecule has 0 radical (unpaired) electrons. The fraction of sp³-hybridized carbons (Fsp3) is 0.350. The van der Waals surface area contributed by atoms with Crippen molar-refractivity contribution in [1.29, 1.82) is 0 Å². The SMILES string of the molecule is CCOC(=O)CCCC[Si](C)(c1ccccc1)c1ccccc1. The predicted octanol–water partition coefficient (Wildman–Crippen LogP) is 3.61. The van der Waals surface area contributed by atoms with Crippen LogP contribution in [-0.2, 0) is 9.53 Å². The lowest BCUT2D eigenvalue weighted by molar-refractivity contribution is -0.143. The quantitative estimate of drug-likeness (QED) is 0.421. The molecule has 0 aliphatic carbocycles. The lowest BCUT2D eigenvalue weighted by atomic mass is 10.2. The number of benzene rings is 2. The van der Waals surface area contributed by atoms with Crippen LogP contribution in [-0.4, -0.2) is 20.7 Å². The number of esters is 1. The van der Waals surface area contributed by atoms with E-state index in [9.17, 15) is 4.79 Å². The Morgan fingerprint density at radius 3 is 1.91 bits per heavy atom. The zero-order valence-electron chi connectivity index (χ0n) is 14.1. The zero-order valence-corrected chi connectivity index (χ0v) is 15.1. The Kier molecular flexibility index (Phi) is 6.60. The Hall–Kier alpha value is -1.87. The maximum Gasteiger partial charge on any atom is 0.305 e. The molecular weight excluding hydrogens is 300 g/mol. The van der Waals surface area contributed by atoms with Crippen molar-refractivity contribution in [2.75, 3.05) is 6.61 Å². The summed E-state index contributed by atoms with van der Waals surface area (Å²) < 4.78 is 5.02. The van der Waals surface area contributed by atoms with Crippen molar-refractivity contribution in [2.45, 2.75) is 38.8 Å². The molecule has 0 saturated carbocycles. The molecule has 0 N–H and O–H groups in total. The molecule has 0 amide bonds. The van der Waals surface area contributed by atoms with Crippen LogP contribution in [0.5, 0.6) is 0 Å². The molecule has 0 saturated heterocycles. The van der Waals surface area contributed by atoms with E-state index in [-0.39, 0.29) is 5.97 Å². The first-order valence-corrected chi connectivity index (χ1v) is 11.1. The number of carbonyl (C=O) groups is 1. The Labute approximate surface area is 140 Å². The summed E-state index contributed by atoms with van der Waals surface area (Å²) in [4.78, 5) is 11.5. The van der Waals surface area contributed by atoms with Crippen molar-refractivity contribution in [3.8, 4) is 0 Å². The maximum absolute atomic E-state index is 11.5. The molecule has 23 heavy (non-hydrogen) atoms. The molecule has 3 heteroatoms. The molecule has 0 aromatic heterocycles. The van der Waals surface area contributed by atoms with Gasteiger partial charge in [-0.2, -0.15) is 0 Å². The van der Waals surface area contributed by atoms with Gasteiger partial charge in [0, 0.05) is 6.42 Å². The monoisotopic (exact) mass is 326 g/mol. The summed E-state index contributed by atoms with van der Waals surface area (Å²) >= 11 is 0. The highest BCUT2D eigenvalue weighted by Crippen LogP contribution is 2.16. The van der Waals surface area contributed by atoms with Crippen molar-refractivity contribution in [3.05, 3.63) is 60.7 Å². The Bertz CT molecular complexity index is 556. The minimum Gasteiger partial charge on any atom is -0.466 e. The Morgan fingerprint density at radius 1 is 0.913 bits per heavy atom. The highest BCUT2D eigenvalue weighted by atomic mass is 28.3. The summed E-state index contributed by atoms with van der Waals surface area (Å²) in [6.45, 7) is 4.76. The lowest BCUT2D eigenvalue weighted by Gasteiger charge is -2.29. The van der Waals surface area contributed by atoms with Crippen molar-refractivity contribution < 1.29 is 9.53 Å². The van der Waals surface area contributed by atoms with Crippen LogP contribution in [0.25, 0.3) is 0 Å². The van der Waals surface area contributed by atoms with Gasteiger partial charge in [-0.1, -0.05) is 84.0 Å². The van der Waals surface area contributed by atoms with Crippen molar-refractivity contribution >= 4 is 24.4 Å². The van der Waals surface area contributed by atoms with Gasteiger partial charge in [0.2, 0.25) is 0 Å². The van der Waals surface area contributed by atoms with E-state index >= 15 is 0 Å². The van der Waals surface area contributed by atoms with Crippen molar-refractivity contribution in [2.24, 2.45) is 0 Å². The van der Waals surface area contributed by atoms with Gasteiger partial charge in [0.15, 0.2) is 0 Å². The van der Waals surface area contributed by atoms with Crippen LogP contribution in [0.2, 0.25) is 12.6 Å². The molecule has 0 bridgehead atoms. The van der Waals surface area contributed by atoms with Gasteiger partial charge in [0.05, 0.1) is 6.61 Å². The highest BCUT2D eigenvalue weighted by molar-refractivity contribution is 7.01. The van der Waals surface area contributed by atoms with Crippen LogP contribution in [0.3, 0.4) is 0 Å². The summed E-state index contributed by atoms with van der Waals surface area (Å²) in [5.74, 6) is -0.0738. The molecule has 0 fully saturated rings. The van der Waals surface area contributed by atoms with E-state index in [1.165, 1.54) is 10.4 Å². The van der Waals surface area contributed by atoms with Crippen LogP contribution in [0.15, 0.2) is 60.7 Å². The van der Waals surface area contributed by atoms with Gasteiger partial charge in [0.25, 0.3) is 0 Å². The molecule has 2 aromatic rings. The molecule has 0 aliphatic heterocycles. The smallest absolute Gasteiger partial charge is 0.305 e. The van der Waals surface area contributed by atoms with Crippen LogP contribution in [0.4, 0.5) is 0 Å². The Morgan fingerprint density at radius 2 is 1.43 bits per heavy atom. The molecule has 0 unspecified atom stereocenters. The molecule has 0 spiro atoms. The van der Waals surface area contributed by atoms with Crippen LogP contribution in [0.1, 0.15) is 26.2 Å². The first-order chi connectivity index (χ1) is 11.2. The number of hydrogen-bond donors (Lipinski definition) is 0. The normalized spacial score (nSPS) is 11.2. The minimum absolute atomic E-state index is 0.0738. The topological polar surface area (TPSA) is 26.3 Å². The van der Waals surface area contributed by atoms with E-state index < -0.39 is 8.07 Å². The largest absolute Gasteiger partial charge is 0.466 e.